The third-order valence-electron chi connectivity index (χ3n) is 4.85. The van der Waals surface area contributed by atoms with Gasteiger partial charge in [0.05, 0.1) is 11.6 Å². The molecule has 1 atom stereocenters. The van der Waals surface area contributed by atoms with E-state index in [9.17, 15) is 4.79 Å². The molecular formula is C21H18N4O2. The summed E-state index contributed by atoms with van der Waals surface area (Å²) in [5, 5.41) is 13.0. The van der Waals surface area contributed by atoms with Crippen LogP contribution in [-0.4, -0.2) is 22.6 Å². The van der Waals surface area contributed by atoms with Crippen molar-refractivity contribution in [3.05, 3.63) is 65.0 Å². The average Bonchev–Trinajstić information content (AvgIpc) is 3.31. The Bertz CT molecular complexity index is 1050. The Hall–Kier alpha value is -3.46. The van der Waals surface area contributed by atoms with E-state index in [4.69, 9.17) is 9.78 Å². The van der Waals surface area contributed by atoms with Crippen LogP contribution in [0.4, 0.5) is 5.69 Å². The lowest BCUT2D eigenvalue weighted by Gasteiger charge is -2.19. The predicted octanol–water partition coefficient (Wildman–Crippen LogP) is 3.75. The number of hydrogen-bond acceptors (Lipinski definition) is 5. The zero-order valence-electron chi connectivity index (χ0n) is 15.1. The summed E-state index contributed by atoms with van der Waals surface area (Å²) >= 11 is 0. The highest BCUT2D eigenvalue weighted by atomic mass is 16.5. The molecule has 1 aliphatic heterocycles. The summed E-state index contributed by atoms with van der Waals surface area (Å²) in [6, 6.07) is 15.2. The molecule has 1 unspecified atom stereocenters. The molecule has 134 valence electrons. The SMILES string of the molecule is Cc1ccc(C)c(N2CC(c3noc(-c4ccc(C#N)cc4)n3)CC2=O)c1. The van der Waals surface area contributed by atoms with Gasteiger partial charge in [0.15, 0.2) is 5.82 Å². The van der Waals surface area contributed by atoms with Gasteiger partial charge >= 0.3 is 0 Å². The van der Waals surface area contributed by atoms with E-state index < -0.39 is 0 Å². The zero-order valence-corrected chi connectivity index (χ0v) is 15.1. The highest BCUT2D eigenvalue weighted by Gasteiger charge is 2.35. The quantitative estimate of drug-likeness (QED) is 0.712. The smallest absolute Gasteiger partial charge is 0.257 e. The van der Waals surface area contributed by atoms with Crippen molar-refractivity contribution >= 4 is 11.6 Å². The predicted molar refractivity (Wildman–Crippen MR) is 100 cm³/mol. The van der Waals surface area contributed by atoms with Gasteiger partial charge in [-0.3, -0.25) is 4.79 Å². The maximum Gasteiger partial charge on any atom is 0.257 e. The first-order valence-corrected chi connectivity index (χ1v) is 8.77. The molecule has 1 saturated heterocycles. The number of carbonyl (C=O) groups is 1. The minimum Gasteiger partial charge on any atom is -0.334 e. The highest BCUT2D eigenvalue weighted by molar-refractivity contribution is 5.97. The maximum atomic E-state index is 12.6. The van der Waals surface area contributed by atoms with Gasteiger partial charge in [-0.15, -0.1) is 0 Å². The summed E-state index contributed by atoms with van der Waals surface area (Å²) in [6.07, 6.45) is 0.361. The van der Waals surface area contributed by atoms with Crippen molar-refractivity contribution in [2.75, 3.05) is 11.4 Å². The Kier molecular flexibility index (Phi) is 4.21. The number of nitrogens with zero attached hydrogens (tertiary/aromatic N) is 4. The monoisotopic (exact) mass is 358 g/mol. The van der Waals surface area contributed by atoms with Crippen molar-refractivity contribution in [3.63, 3.8) is 0 Å². The van der Waals surface area contributed by atoms with E-state index in [2.05, 4.69) is 16.2 Å². The van der Waals surface area contributed by atoms with E-state index in [-0.39, 0.29) is 11.8 Å². The number of aryl methyl sites for hydroxylation is 2. The Labute approximate surface area is 157 Å². The second-order valence-electron chi connectivity index (χ2n) is 6.84. The number of anilines is 1. The highest BCUT2D eigenvalue weighted by Crippen LogP contribution is 2.33. The summed E-state index contributed by atoms with van der Waals surface area (Å²) in [5.74, 6) is 0.898. The molecule has 27 heavy (non-hydrogen) atoms. The van der Waals surface area contributed by atoms with Gasteiger partial charge in [-0.05, 0) is 55.3 Å². The van der Waals surface area contributed by atoms with Crippen LogP contribution in [0.1, 0.15) is 34.9 Å². The number of carbonyl (C=O) groups excluding carboxylic acids is 1. The Morgan fingerprint density at radius 2 is 1.96 bits per heavy atom. The standard InChI is InChI=1S/C21H18N4O2/c1-13-3-4-14(2)18(9-13)25-12-17(10-19(25)26)20-23-21(27-24-20)16-7-5-15(11-22)6-8-16/h3-9,17H,10,12H2,1-2H3. The molecule has 0 N–H and O–H groups in total. The normalized spacial score (nSPS) is 16.6. The minimum atomic E-state index is -0.103. The summed E-state index contributed by atoms with van der Waals surface area (Å²) in [5.41, 5.74) is 4.46. The molecular weight excluding hydrogens is 340 g/mol. The van der Waals surface area contributed by atoms with Gasteiger partial charge in [0, 0.05) is 30.1 Å². The number of nitriles is 1. The van der Waals surface area contributed by atoms with E-state index >= 15 is 0 Å². The van der Waals surface area contributed by atoms with Crippen LogP contribution in [-0.2, 0) is 4.79 Å². The van der Waals surface area contributed by atoms with Gasteiger partial charge in [0.1, 0.15) is 0 Å². The Balaban J connectivity index is 1.57. The summed E-state index contributed by atoms with van der Waals surface area (Å²) in [4.78, 5) is 18.9. The van der Waals surface area contributed by atoms with E-state index in [1.807, 2.05) is 36.9 Å². The third-order valence-corrected chi connectivity index (χ3v) is 4.85. The molecule has 1 amide bonds. The van der Waals surface area contributed by atoms with Gasteiger partial charge in [-0.25, -0.2) is 0 Å². The largest absolute Gasteiger partial charge is 0.334 e. The first-order valence-electron chi connectivity index (χ1n) is 8.77. The molecule has 1 fully saturated rings. The fourth-order valence-electron chi connectivity index (χ4n) is 3.33. The van der Waals surface area contributed by atoms with Gasteiger partial charge in [-0.1, -0.05) is 17.3 Å². The van der Waals surface area contributed by atoms with Crippen LogP contribution in [0.3, 0.4) is 0 Å². The maximum absolute atomic E-state index is 12.6. The van der Waals surface area contributed by atoms with Gasteiger partial charge < -0.3 is 9.42 Å². The van der Waals surface area contributed by atoms with Gasteiger partial charge in [-0.2, -0.15) is 10.2 Å². The fourth-order valence-corrected chi connectivity index (χ4v) is 3.33. The summed E-state index contributed by atoms with van der Waals surface area (Å²) in [6.45, 7) is 4.56. The van der Waals surface area contributed by atoms with Crippen LogP contribution in [0, 0.1) is 25.2 Å². The Morgan fingerprint density at radius 3 is 2.70 bits per heavy atom. The van der Waals surface area contributed by atoms with Crippen molar-refractivity contribution in [3.8, 4) is 17.5 Å². The lowest BCUT2D eigenvalue weighted by atomic mass is 10.1. The zero-order chi connectivity index (χ0) is 19.0. The van der Waals surface area contributed by atoms with Gasteiger partial charge in [0.2, 0.25) is 5.91 Å². The Morgan fingerprint density at radius 1 is 1.19 bits per heavy atom. The van der Waals surface area contributed by atoms with Crippen molar-refractivity contribution in [2.45, 2.75) is 26.2 Å². The molecule has 2 heterocycles. The number of hydrogen-bond donors (Lipinski definition) is 0. The van der Waals surface area contributed by atoms with Crippen LogP contribution in [0.15, 0.2) is 47.0 Å². The minimum absolute atomic E-state index is 0.0680. The summed E-state index contributed by atoms with van der Waals surface area (Å²) < 4.78 is 5.38. The van der Waals surface area contributed by atoms with E-state index in [1.165, 1.54) is 0 Å². The molecule has 0 aliphatic carbocycles. The molecule has 0 bridgehead atoms. The molecule has 6 heteroatoms. The van der Waals surface area contributed by atoms with E-state index in [1.54, 1.807) is 24.3 Å². The molecule has 1 aromatic heterocycles. The second-order valence-corrected chi connectivity index (χ2v) is 6.84. The molecule has 0 saturated carbocycles. The number of rotatable bonds is 3. The summed E-state index contributed by atoms with van der Waals surface area (Å²) in [7, 11) is 0. The molecule has 0 spiro atoms. The molecule has 6 nitrogen and oxygen atoms in total. The van der Waals surface area contributed by atoms with Crippen LogP contribution in [0.5, 0.6) is 0 Å². The first-order chi connectivity index (χ1) is 13.0. The van der Waals surface area contributed by atoms with E-state index in [0.29, 0.717) is 30.2 Å². The van der Waals surface area contributed by atoms with Crippen molar-refractivity contribution in [2.24, 2.45) is 0 Å². The van der Waals surface area contributed by atoms with Crippen molar-refractivity contribution in [1.29, 1.82) is 5.26 Å². The average molecular weight is 358 g/mol. The number of aromatic nitrogens is 2. The third kappa shape index (κ3) is 3.20. The fraction of sp³-hybridized carbons (Fsp3) is 0.238. The topological polar surface area (TPSA) is 83.0 Å². The molecule has 3 aromatic rings. The second kappa shape index (κ2) is 6.69. The number of benzene rings is 2. The first kappa shape index (κ1) is 17.0. The van der Waals surface area contributed by atoms with Crippen LogP contribution in [0.2, 0.25) is 0 Å². The van der Waals surface area contributed by atoms with Crippen LogP contribution in [0.25, 0.3) is 11.5 Å². The molecule has 4 rings (SSSR count). The lowest BCUT2D eigenvalue weighted by molar-refractivity contribution is -0.117. The van der Waals surface area contributed by atoms with Crippen LogP contribution >= 0.6 is 0 Å². The van der Waals surface area contributed by atoms with Crippen molar-refractivity contribution in [1.82, 2.24) is 10.1 Å². The molecule has 1 aliphatic rings. The molecule has 2 aromatic carbocycles. The lowest BCUT2D eigenvalue weighted by Crippen LogP contribution is -2.25. The molecule has 0 radical (unpaired) electrons. The number of amides is 1. The van der Waals surface area contributed by atoms with Crippen LogP contribution < -0.4 is 4.90 Å². The van der Waals surface area contributed by atoms with E-state index in [0.717, 1.165) is 22.4 Å². The van der Waals surface area contributed by atoms with Gasteiger partial charge in [0.25, 0.3) is 5.89 Å². The van der Waals surface area contributed by atoms with Crippen molar-refractivity contribution < 1.29 is 9.32 Å².